The smallest absolute Gasteiger partial charge is 0.223 e. The third-order valence-electron chi connectivity index (χ3n) is 2.28. The van der Waals surface area contributed by atoms with Crippen LogP contribution in [0.25, 0.3) is 5.70 Å². The maximum Gasteiger partial charge on any atom is 0.223 e. The van der Waals surface area contributed by atoms with Gasteiger partial charge in [-0.05, 0) is 25.0 Å². The Morgan fingerprint density at radius 3 is 2.50 bits per heavy atom. The highest BCUT2D eigenvalue weighted by molar-refractivity contribution is 7.13. The molecule has 1 heterocycles. The van der Waals surface area contributed by atoms with Gasteiger partial charge in [0.05, 0.1) is 10.6 Å². The zero-order valence-electron chi connectivity index (χ0n) is 10.4. The average molecular weight is 237 g/mol. The molecule has 0 saturated heterocycles. The molecule has 1 aromatic heterocycles. The molecule has 0 N–H and O–H groups in total. The van der Waals surface area contributed by atoms with Crippen LogP contribution in [0, 0.1) is 12.8 Å². The molecule has 0 saturated carbocycles. The van der Waals surface area contributed by atoms with Gasteiger partial charge in [0, 0.05) is 18.3 Å². The van der Waals surface area contributed by atoms with Gasteiger partial charge in [-0.1, -0.05) is 20.4 Å². The molecular weight excluding hydrogens is 218 g/mol. The van der Waals surface area contributed by atoms with Crippen LogP contribution >= 0.6 is 11.3 Å². The van der Waals surface area contributed by atoms with Gasteiger partial charge in [-0.3, -0.25) is 4.79 Å². The van der Waals surface area contributed by atoms with E-state index in [1.54, 1.807) is 23.2 Å². The number of aryl methyl sites for hydroxylation is 1. The molecule has 0 fully saturated rings. The maximum absolute atomic E-state index is 11.6. The van der Waals surface area contributed by atoms with E-state index in [9.17, 15) is 4.79 Å². The molecule has 88 valence electrons. The van der Waals surface area contributed by atoms with Crippen molar-refractivity contribution in [1.82, 2.24) is 4.90 Å². The van der Waals surface area contributed by atoms with Gasteiger partial charge in [-0.15, -0.1) is 11.3 Å². The summed E-state index contributed by atoms with van der Waals surface area (Å²) in [5.74, 6) is 0.506. The molecule has 0 radical (unpaired) electrons. The van der Waals surface area contributed by atoms with E-state index in [1.807, 2.05) is 6.07 Å². The summed E-state index contributed by atoms with van der Waals surface area (Å²) in [6.45, 7) is 12.6. The lowest BCUT2D eigenvalue weighted by molar-refractivity contribution is -0.126. The van der Waals surface area contributed by atoms with Gasteiger partial charge >= 0.3 is 0 Å². The minimum atomic E-state index is 0.0600. The van der Waals surface area contributed by atoms with Gasteiger partial charge in [-0.25, -0.2) is 0 Å². The third-order valence-corrected chi connectivity index (χ3v) is 3.33. The number of carbonyl (C=O) groups is 1. The second-order valence-corrected chi connectivity index (χ2v) is 5.67. The molecule has 16 heavy (non-hydrogen) atoms. The van der Waals surface area contributed by atoms with E-state index in [2.05, 4.69) is 33.4 Å². The summed E-state index contributed by atoms with van der Waals surface area (Å²) < 4.78 is 0. The van der Waals surface area contributed by atoms with Gasteiger partial charge in [-0.2, -0.15) is 0 Å². The first-order chi connectivity index (χ1) is 7.41. The van der Waals surface area contributed by atoms with Crippen molar-refractivity contribution in [2.45, 2.75) is 27.7 Å². The highest BCUT2D eigenvalue weighted by Crippen LogP contribution is 2.25. The second kappa shape index (κ2) is 5.30. The van der Waals surface area contributed by atoms with Crippen LogP contribution in [0.5, 0.6) is 0 Å². The van der Waals surface area contributed by atoms with Crippen LogP contribution in [0.2, 0.25) is 0 Å². The first kappa shape index (κ1) is 13.0. The average Bonchev–Trinajstić information content (AvgIpc) is 2.59. The van der Waals surface area contributed by atoms with Crippen molar-refractivity contribution in [3.05, 3.63) is 28.5 Å². The Labute approximate surface area is 102 Å². The summed E-state index contributed by atoms with van der Waals surface area (Å²) in [4.78, 5) is 15.6. The fourth-order valence-corrected chi connectivity index (χ4v) is 2.36. The molecule has 0 aliphatic carbocycles. The first-order valence-corrected chi connectivity index (χ1v) is 6.27. The molecule has 0 unspecified atom stereocenters. The summed E-state index contributed by atoms with van der Waals surface area (Å²) in [5, 5.41) is 0. The number of nitrogens with zero attached hydrogens (tertiary/aromatic N) is 1. The van der Waals surface area contributed by atoms with Crippen LogP contribution < -0.4 is 0 Å². The number of thiophene rings is 1. The standard InChI is InChI=1S/C13H19NOS/c1-9(2)8-14(12(5)15)11(4)13-7-6-10(3)16-13/h6-7,9H,4,8H2,1-3,5H3. The Bertz CT molecular complexity index is 392. The number of rotatable bonds is 4. The van der Waals surface area contributed by atoms with E-state index >= 15 is 0 Å². The molecule has 3 heteroatoms. The van der Waals surface area contributed by atoms with Crippen molar-refractivity contribution < 1.29 is 4.79 Å². The number of carbonyl (C=O) groups excluding carboxylic acids is 1. The predicted octanol–water partition coefficient (Wildman–Crippen LogP) is 3.53. The molecule has 0 aliphatic rings. The van der Waals surface area contributed by atoms with Gasteiger partial charge in [0.25, 0.3) is 0 Å². The molecular formula is C13H19NOS. The zero-order chi connectivity index (χ0) is 12.3. The van der Waals surface area contributed by atoms with Crippen LogP contribution in [0.1, 0.15) is 30.5 Å². The summed E-state index contributed by atoms with van der Waals surface area (Å²) in [6.07, 6.45) is 0. The van der Waals surface area contributed by atoms with Gasteiger partial charge in [0.2, 0.25) is 5.91 Å². The van der Waals surface area contributed by atoms with Crippen LogP contribution in [0.15, 0.2) is 18.7 Å². The Balaban J connectivity index is 2.87. The Morgan fingerprint density at radius 1 is 1.50 bits per heavy atom. The van der Waals surface area contributed by atoms with E-state index in [4.69, 9.17) is 0 Å². The summed E-state index contributed by atoms with van der Waals surface area (Å²) in [7, 11) is 0. The quantitative estimate of drug-likeness (QED) is 0.784. The SMILES string of the molecule is C=C(c1ccc(C)s1)N(CC(C)C)C(C)=O. The Kier molecular flexibility index (Phi) is 4.30. The Hall–Kier alpha value is -1.09. The van der Waals surface area contributed by atoms with E-state index in [1.165, 1.54) is 4.88 Å². The van der Waals surface area contributed by atoms with Crippen molar-refractivity contribution in [2.75, 3.05) is 6.54 Å². The summed E-state index contributed by atoms with van der Waals surface area (Å²) >= 11 is 1.68. The topological polar surface area (TPSA) is 20.3 Å². The lowest BCUT2D eigenvalue weighted by atomic mass is 10.2. The van der Waals surface area contributed by atoms with Crippen molar-refractivity contribution >= 4 is 22.9 Å². The minimum Gasteiger partial charge on any atom is -0.312 e. The lowest BCUT2D eigenvalue weighted by Crippen LogP contribution is -2.30. The van der Waals surface area contributed by atoms with E-state index in [0.29, 0.717) is 5.92 Å². The molecule has 0 aromatic carbocycles. The molecule has 0 bridgehead atoms. The normalized spacial score (nSPS) is 10.6. The molecule has 1 amide bonds. The van der Waals surface area contributed by atoms with E-state index in [0.717, 1.165) is 17.1 Å². The van der Waals surface area contributed by atoms with E-state index in [-0.39, 0.29) is 5.91 Å². The molecule has 0 spiro atoms. The van der Waals surface area contributed by atoms with Crippen molar-refractivity contribution in [2.24, 2.45) is 5.92 Å². The highest BCUT2D eigenvalue weighted by Gasteiger charge is 2.16. The molecule has 1 aromatic rings. The van der Waals surface area contributed by atoms with Crippen molar-refractivity contribution in [3.8, 4) is 0 Å². The van der Waals surface area contributed by atoms with Crippen LogP contribution in [0.3, 0.4) is 0 Å². The zero-order valence-corrected chi connectivity index (χ0v) is 11.2. The van der Waals surface area contributed by atoms with Gasteiger partial charge in [0.15, 0.2) is 0 Å². The molecule has 2 nitrogen and oxygen atoms in total. The fraction of sp³-hybridized carbons (Fsp3) is 0.462. The molecule has 0 atom stereocenters. The minimum absolute atomic E-state index is 0.0600. The lowest BCUT2D eigenvalue weighted by Gasteiger charge is -2.24. The van der Waals surface area contributed by atoms with Gasteiger partial charge in [0.1, 0.15) is 0 Å². The van der Waals surface area contributed by atoms with Gasteiger partial charge < -0.3 is 4.90 Å². The van der Waals surface area contributed by atoms with Crippen molar-refractivity contribution in [1.29, 1.82) is 0 Å². The first-order valence-electron chi connectivity index (χ1n) is 5.45. The second-order valence-electron chi connectivity index (χ2n) is 4.38. The van der Waals surface area contributed by atoms with Crippen LogP contribution in [-0.4, -0.2) is 17.4 Å². The molecule has 1 rings (SSSR count). The maximum atomic E-state index is 11.6. The van der Waals surface area contributed by atoms with Crippen LogP contribution in [0.4, 0.5) is 0 Å². The third kappa shape index (κ3) is 3.20. The molecule has 0 aliphatic heterocycles. The fourth-order valence-electron chi connectivity index (χ4n) is 1.52. The van der Waals surface area contributed by atoms with Crippen LogP contribution in [-0.2, 0) is 4.79 Å². The van der Waals surface area contributed by atoms with Crippen molar-refractivity contribution in [3.63, 3.8) is 0 Å². The predicted molar refractivity (Wildman–Crippen MR) is 70.3 cm³/mol. The number of amides is 1. The largest absolute Gasteiger partial charge is 0.312 e. The summed E-state index contributed by atoms with van der Waals surface area (Å²) in [5.41, 5.74) is 0.819. The van der Waals surface area contributed by atoms with E-state index < -0.39 is 0 Å². The summed E-state index contributed by atoms with van der Waals surface area (Å²) in [6, 6.07) is 4.08. The highest BCUT2D eigenvalue weighted by atomic mass is 32.1. The Morgan fingerprint density at radius 2 is 2.12 bits per heavy atom. The number of hydrogen-bond acceptors (Lipinski definition) is 2. The monoisotopic (exact) mass is 237 g/mol. The number of hydrogen-bond donors (Lipinski definition) is 0.